The van der Waals surface area contributed by atoms with Gasteiger partial charge in [-0.15, -0.1) is 0 Å². The molecule has 0 aliphatic heterocycles. The molecule has 1 unspecified atom stereocenters. The van der Waals surface area contributed by atoms with E-state index in [1.54, 1.807) is 0 Å². The van der Waals surface area contributed by atoms with E-state index in [0.717, 1.165) is 6.42 Å². The summed E-state index contributed by atoms with van der Waals surface area (Å²) in [5, 5.41) is 3.63. The van der Waals surface area contributed by atoms with Gasteiger partial charge in [0.2, 0.25) is 0 Å². The van der Waals surface area contributed by atoms with E-state index in [9.17, 15) is 0 Å². The molecule has 1 aromatic carbocycles. The van der Waals surface area contributed by atoms with Crippen molar-refractivity contribution in [3.8, 4) is 0 Å². The summed E-state index contributed by atoms with van der Waals surface area (Å²) in [5.41, 5.74) is 1.40. The van der Waals surface area contributed by atoms with E-state index in [1.807, 2.05) is 0 Å². The second-order valence-electron chi connectivity index (χ2n) is 3.85. The first-order chi connectivity index (χ1) is 6.77. The fourth-order valence-electron chi connectivity index (χ4n) is 1.60. The smallest absolute Gasteiger partial charge is 0.0319 e. The Kier molecular flexibility index (Phi) is 4.68. The highest BCUT2D eigenvalue weighted by atomic mass is 14.9. The van der Waals surface area contributed by atoms with Crippen molar-refractivity contribution in [2.75, 3.05) is 0 Å². The van der Waals surface area contributed by atoms with Crippen LogP contribution < -0.4 is 5.32 Å². The fourth-order valence-corrected chi connectivity index (χ4v) is 1.60. The van der Waals surface area contributed by atoms with Gasteiger partial charge in [-0.1, -0.05) is 44.2 Å². The summed E-state index contributed by atoms with van der Waals surface area (Å²) in [4.78, 5) is 0. The predicted molar refractivity (Wildman–Crippen MR) is 62.4 cm³/mol. The van der Waals surface area contributed by atoms with Crippen LogP contribution in [0, 0.1) is 0 Å². The van der Waals surface area contributed by atoms with Crippen molar-refractivity contribution in [1.29, 1.82) is 0 Å². The van der Waals surface area contributed by atoms with Crippen LogP contribution >= 0.6 is 0 Å². The molecule has 0 aliphatic rings. The highest BCUT2D eigenvalue weighted by molar-refractivity contribution is 5.18. The van der Waals surface area contributed by atoms with E-state index in [1.165, 1.54) is 12.0 Å². The van der Waals surface area contributed by atoms with E-state index in [2.05, 4.69) is 56.4 Å². The van der Waals surface area contributed by atoms with Crippen LogP contribution in [-0.4, -0.2) is 6.04 Å². The van der Waals surface area contributed by atoms with E-state index in [4.69, 9.17) is 0 Å². The Morgan fingerprint density at radius 2 is 1.71 bits per heavy atom. The first-order valence-corrected chi connectivity index (χ1v) is 5.58. The van der Waals surface area contributed by atoms with Crippen LogP contribution in [0.5, 0.6) is 0 Å². The minimum Gasteiger partial charge on any atom is -0.307 e. The Morgan fingerprint density at radius 3 is 2.21 bits per heavy atom. The summed E-state index contributed by atoms with van der Waals surface area (Å²) in [6.45, 7) is 6.69. The molecule has 14 heavy (non-hydrogen) atoms. The summed E-state index contributed by atoms with van der Waals surface area (Å²) in [5.74, 6) is 0. The maximum Gasteiger partial charge on any atom is 0.0319 e. The summed E-state index contributed by atoms with van der Waals surface area (Å²) in [6, 6.07) is 11.8. The first-order valence-electron chi connectivity index (χ1n) is 5.58. The highest BCUT2D eigenvalue weighted by Crippen LogP contribution is 2.16. The predicted octanol–water partition coefficient (Wildman–Crippen LogP) is 3.53. The van der Waals surface area contributed by atoms with E-state index >= 15 is 0 Å². The largest absolute Gasteiger partial charge is 0.307 e. The first kappa shape index (κ1) is 11.3. The number of hydrogen-bond acceptors (Lipinski definition) is 1. The van der Waals surface area contributed by atoms with Gasteiger partial charge >= 0.3 is 0 Å². The Labute approximate surface area is 87.5 Å². The Morgan fingerprint density at radius 1 is 1.07 bits per heavy atom. The van der Waals surface area contributed by atoms with Crippen LogP contribution in [0.2, 0.25) is 0 Å². The van der Waals surface area contributed by atoms with Crippen LogP contribution in [0.4, 0.5) is 0 Å². The molecule has 1 aromatic rings. The minimum absolute atomic E-state index is 0.506. The molecular weight excluding hydrogens is 170 g/mol. The fraction of sp³-hybridized carbons (Fsp3) is 0.538. The van der Waals surface area contributed by atoms with E-state index < -0.39 is 0 Å². The van der Waals surface area contributed by atoms with E-state index in [0.29, 0.717) is 12.1 Å². The van der Waals surface area contributed by atoms with Gasteiger partial charge in [0, 0.05) is 12.1 Å². The average molecular weight is 191 g/mol. The molecule has 0 aromatic heterocycles. The van der Waals surface area contributed by atoms with Crippen LogP contribution in [0.15, 0.2) is 30.3 Å². The lowest BCUT2D eigenvalue weighted by atomic mass is 10.0. The number of rotatable bonds is 5. The summed E-state index contributed by atoms with van der Waals surface area (Å²) in [7, 11) is 0. The zero-order valence-corrected chi connectivity index (χ0v) is 9.46. The SMILES string of the molecule is CCC(N[C@@H](C)CC)c1ccccc1. The van der Waals surface area contributed by atoms with Gasteiger partial charge < -0.3 is 5.32 Å². The molecule has 0 saturated carbocycles. The van der Waals surface area contributed by atoms with Gasteiger partial charge in [0.1, 0.15) is 0 Å². The Balaban J connectivity index is 2.63. The monoisotopic (exact) mass is 191 g/mol. The van der Waals surface area contributed by atoms with Crippen molar-refractivity contribution in [2.45, 2.75) is 45.7 Å². The average Bonchev–Trinajstić information content (AvgIpc) is 2.26. The van der Waals surface area contributed by atoms with Crippen LogP contribution in [0.3, 0.4) is 0 Å². The third kappa shape index (κ3) is 3.15. The second-order valence-corrected chi connectivity index (χ2v) is 3.85. The maximum atomic E-state index is 3.63. The lowest BCUT2D eigenvalue weighted by Crippen LogP contribution is -2.29. The van der Waals surface area contributed by atoms with Crippen molar-refractivity contribution in [3.63, 3.8) is 0 Å². The maximum absolute atomic E-state index is 3.63. The van der Waals surface area contributed by atoms with Gasteiger partial charge in [-0.05, 0) is 25.3 Å². The van der Waals surface area contributed by atoms with Crippen LogP contribution in [0.25, 0.3) is 0 Å². The van der Waals surface area contributed by atoms with Crippen LogP contribution in [-0.2, 0) is 0 Å². The van der Waals surface area contributed by atoms with Gasteiger partial charge in [0.05, 0.1) is 0 Å². The molecule has 2 atom stereocenters. The van der Waals surface area contributed by atoms with Crippen molar-refractivity contribution in [1.82, 2.24) is 5.32 Å². The molecule has 1 rings (SSSR count). The van der Waals surface area contributed by atoms with Gasteiger partial charge in [-0.3, -0.25) is 0 Å². The topological polar surface area (TPSA) is 12.0 Å². The highest BCUT2D eigenvalue weighted by Gasteiger charge is 2.10. The summed E-state index contributed by atoms with van der Waals surface area (Å²) in [6.07, 6.45) is 2.33. The third-order valence-electron chi connectivity index (χ3n) is 2.71. The molecular formula is C13H21N. The van der Waals surface area contributed by atoms with E-state index in [-0.39, 0.29) is 0 Å². The number of nitrogens with one attached hydrogen (secondary N) is 1. The molecule has 0 fully saturated rings. The van der Waals surface area contributed by atoms with Gasteiger partial charge in [0.25, 0.3) is 0 Å². The quantitative estimate of drug-likeness (QED) is 0.750. The summed E-state index contributed by atoms with van der Waals surface area (Å²) >= 11 is 0. The molecule has 0 amide bonds. The molecule has 0 spiro atoms. The zero-order valence-electron chi connectivity index (χ0n) is 9.46. The Bertz CT molecular complexity index is 243. The lowest BCUT2D eigenvalue weighted by Gasteiger charge is -2.21. The molecule has 0 aliphatic carbocycles. The molecule has 78 valence electrons. The van der Waals surface area contributed by atoms with Gasteiger partial charge in [0.15, 0.2) is 0 Å². The van der Waals surface area contributed by atoms with Gasteiger partial charge in [-0.2, -0.15) is 0 Å². The van der Waals surface area contributed by atoms with Crippen molar-refractivity contribution in [3.05, 3.63) is 35.9 Å². The standard InChI is InChI=1S/C13H21N/c1-4-11(3)14-13(5-2)12-9-7-6-8-10-12/h6-11,13-14H,4-5H2,1-3H3/t11-,13?/m0/s1. The van der Waals surface area contributed by atoms with Crippen molar-refractivity contribution < 1.29 is 0 Å². The second kappa shape index (κ2) is 5.82. The van der Waals surface area contributed by atoms with Crippen molar-refractivity contribution in [2.24, 2.45) is 0 Å². The summed E-state index contributed by atoms with van der Waals surface area (Å²) < 4.78 is 0. The van der Waals surface area contributed by atoms with Gasteiger partial charge in [-0.25, -0.2) is 0 Å². The number of hydrogen-bond donors (Lipinski definition) is 1. The minimum atomic E-state index is 0.506. The molecule has 0 bridgehead atoms. The third-order valence-corrected chi connectivity index (χ3v) is 2.71. The molecule has 1 N–H and O–H groups in total. The molecule has 0 radical (unpaired) electrons. The molecule has 0 heterocycles. The normalized spacial score (nSPS) is 15.1. The zero-order chi connectivity index (χ0) is 10.4. The lowest BCUT2D eigenvalue weighted by molar-refractivity contribution is 0.437. The number of benzene rings is 1. The van der Waals surface area contributed by atoms with Crippen molar-refractivity contribution >= 4 is 0 Å². The van der Waals surface area contributed by atoms with Crippen LogP contribution in [0.1, 0.15) is 45.2 Å². The molecule has 1 heteroatoms. The Hall–Kier alpha value is -0.820. The molecule has 0 saturated heterocycles. The molecule has 1 nitrogen and oxygen atoms in total.